The maximum Gasteiger partial charge on any atom is 0.451 e. The fourth-order valence-corrected chi connectivity index (χ4v) is 3.83. The molecule has 1 aliphatic heterocycles. The number of nitrogens with one attached hydrogen (secondary N) is 1. The Hall–Kier alpha value is -0.825. The van der Waals surface area contributed by atoms with Gasteiger partial charge in [-0.05, 0) is 12.7 Å². The van der Waals surface area contributed by atoms with Crippen LogP contribution in [0.3, 0.4) is 0 Å². The molecule has 0 amide bonds. The van der Waals surface area contributed by atoms with E-state index in [1.54, 1.807) is 4.72 Å². The van der Waals surface area contributed by atoms with Gasteiger partial charge >= 0.3 is 13.1 Å². The summed E-state index contributed by atoms with van der Waals surface area (Å²) in [6.45, 7) is -1.28. The van der Waals surface area contributed by atoms with E-state index < -0.39 is 54.1 Å². The molecule has 0 aromatic heterocycles. The summed E-state index contributed by atoms with van der Waals surface area (Å²) in [6, 6.07) is 0. The van der Waals surface area contributed by atoms with Crippen molar-refractivity contribution in [3.8, 4) is 0 Å². The van der Waals surface area contributed by atoms with Crippen molar-refractivity contribution in [2.24, 2.45) is 17.4 Å². The summed E-state index contributed by atoms with van der Waals surface area (Å²) >= 11 is 0. The van der Waals surface area contributed by atoms with Gasteiger partial charge < -0.3 is 26.6 Å². The average Bonchev–Trinajstić information content (AvgIpc) is 2.77. The fraction of sp³-hybridized carbons (Fsp3) is 0.900. The van der Waals surface area contributed by atoms with Gasteiger partial charge in [0.05, 0.1) is 0 Å². The number of nitrogens with zero attached hydrogens (tertiary/aromatic N) is 1. The summed E-state index contributed by atoms with van der Waals surface area (Å²) in [4.78, 5) is 11.4. The van der Waals surface area contributed by atoms with E-state index in [1.165, 1.54) is 0 Å². The molecule has 0 aromatic rings. The van der Waals surface area contributed by atoms with Crippen molar-refractivity contribution in [3.05, 3.63) is 0 Å². The zero-order chi connectivity index (χ0) is 17.8. The molecule has 0 radical (unpaired) electrons. The van der Waals surface area contributed by atoms with Crippen LogP contribution in [-0.2, 0) is 15.0 Å². The van der Waals surface area contributed by atoms with E-state index in [9.17, 15) is 22.7 Å². The number of rotatable bonds is 9. The number of carboxylic acid groups (broad SMARTS) is 1. The second kappa shape index (κ2) is 7.83. The van der Waals surface area contributed by atoms with E-state index in [0.29, 0.717) is 0 Å². The number of aliphatic carboxylic acids is 1. The number of hydrogen-bond acceptors (Lipinski definition) is 7. The standard InChI is InChI=1S/C10H22BFN4O6S/c12-8(4-13)15-23(21,22)16-5-7(2-1-3-11(19)20)10(14,6-16)9(17)18/h7-8,15,19-20H,1-6,13-14H2,(H,17,18)/t7-,8-,10-/m0/s1. The fourth-order valence-electron chi connectivity index (χ4n) is 2.50. The van der Waals surface area contributed by atoms with Crippen molar-refractivity contribution < 1.29 is 32.8 Å². The molecule has 0 bridgehead atoms. The molecule has 0 spiro atoms. The van der Waals surface area contributed by atoms with Gasteiger partial charge in [0.25, 0.3) is 10.2 Å². The quantitative estimate of drug-likeness (QED) is 0.187. The van der Waals surface area contributed by atoms with Gasteiger partial charge in [0.15, 0.2) is 6.30 Å². The van der Waals surface area contributed by atoms with Crippen LogP contribution in [0.15, 0.2) is 0 Å². The molecular formula is C10H22BFN4O6S. The monoisotopic (exact) mass is 356 g/mol. The SMILES string of the molecule is NC[C@@H](F)NS(=O)(=O)N1C[C@H](CCCB(O)O)[C@](N)(C(=O)O)C1. The Morgan fingerprint density at radius 2 is 2.13 bits per heavy atom. The van der Waals surface area contributed by atoms with Crippen LogP contribution >= 0.6 is 0 Å². The molecular weight excluding hydrogens is 334 g/mol. The first-order chi connectivity index (χ1) is 10.5. The number of hydrogen-bond donors (Lipinski definition) is 6. The third kappa shape index (κ3) is 5.07. The van der Waals surface area contributed by atoms with Crippen molar-refractivity contribution in [1.82, 2.24) is 9.03 Å². The Kier molecular flexibility index (Phi) is 6.88. The van der Waals surface area contributed by atoms with Crippen LogP contribution < -0.4 is 16.2 Å². The van der Waals surface area contributed by atoms with Crippen molar-refractivity contribution in [2.45, 2.75) is 31.0 Å². The highest BCUT2D eigenvalue weighted by Crippen LogP contribution is 2.31. The predicted octanol–water partition coefficient (Wildman–Crippen LogP) is -2.96. The molecule has 1 aliphatic rings. The second-order valence-corrected chi connectivity index (χ2v) is 7.27. The van der Waals surface area contributed by atoms with Crippen molar-refractivity contribution in [1.29, 1.82) is 0 Å². The molecule has 8 N–H and O–H groups in total. The van der Waals surface area contributed by atoms with Crippen LogP contribution in [-0.4, -0.2) is 72.4 Å². The minimum Gasteiger partial charge on any atom is -0.480 e. The average molecular weight is 356 g/mol. The Morgan fingerprint density at radius 1 is 1.52 bits per heavy atom. The normalized spacial score (nSPS) is 27.1. The Balaban J connectivity index is 2.85. The lowest BCUT2D eigenvalue weighted by Gasteiger charge is -2.25. The van der Waals surface area contributed by atoms with Crippen LogP contribution in [0.1, 0.15) is 12.8 Å². The largest absolute Gasteiger partial charge is 0.480 e. The smallest absolute Gasteiger partial charge is 0.451 e. The highest BCUT2D eigenvalue weighted by Gasteiger charge is 2.52. The van der Waals surface area contributed by atoms with Gasteiger partial charge in [-0.15, -0.1) is 0 Å². The van der Waals surface area contributed by atoms with E-state index in [1.807, 2.05) is 0 Å². The van der Waals surface area contributed by atoms with Gasteiger partial charge in [0.1, 0.15) is 5.54 Å². The summed E-state index contributed by atoms with van der Waals surface area (Å²) in [7, 11) is -5.80. The van der Waals surface area contributed by atoms with Gasteiger partial charge in [-0.1, -0.05) is 6.42 Å². The van der Waals surface area contributed by atoms with E-state index in [4.69, 9.17) is 21.5 Å². The summed E-state index contributed by atoms with van der Waals surface area (Å²) in [5, 5.41) is 26.9. The van der Waals surface area contributed by atoms with Crippen LogP contribution in [0, 0.1) is 5.92 Å². The molecule has 1 heterocycles. The molecule has 0 aromatic carbocycles. The molecule has 1 rings (SSSR count). The molecule has 0 unspecified atom stereocenters. The molecule has 23 heavy (non-hydrogen) atoms. The molecule has 10 nitrogen and oxygen atoms in total. The Morgan fingerprint density at radius 3 is 2.61 bits per heavy atom. The maximum absolute atomic E-state index is 13.2. The molecule has 1 fully saturated rings. The maximum atomic E-state index is 13.2. The number of carboxylic acids is 1. The Bertz CT molecular complexity index is 523. The van der Waals surface area contributed by atoms with Crippen LogP contribution in [0.25, 0.3) is 0 Å². The third-order valence-electron chi connectivity index (χ3n) is 3.83. The van der Waals surface area contributed by atoms with E-state index in [0.717, 1.165) is 4.31 Å². The lowest BCUT2D eigenvalue weighted by Crippen LogP contribution is -2.55. The summed E-state index contributed by atoms with van der Waals surface area (Å²) in [6.07, 6.45) is -1.54. The first-order valence-corrected chi connectivity index (χ1v) is 8.47. The van der Waals surface area contributed by atoms with Gasteiger partial charge in [-0.2, -0.15) is 17.4 Å². The number of nitrogens with two attached hydrogens (primary N) is 2. The highest BCUT2D eigenvalue weighted by atomic mass is 32.2. The highest BCUT2D eigenvalue weighted by molar-refractivity contribution is 7.87. The van der Waals surface area contributed by atoms with E-state index in [-0.39, 0.29) is 25.7 Å². The number of carbonyl (C=O) groups is 1. The molecule has 13 heteroatoms. The number of alkyl halides is 1. The first kappa shape index (κ1) is 20.2. The topological polar surface area (TPSA) is 179 Å². The Labute approximate surface area is 134 Å². The summed E-state index contributed by atoms with van der Waals surface area (Å²) in [5.74, 6) is -2.12. The molecule has 3 atom stereocenters. The minimum absolute atomic E-state index is 0.0108. The lowest BCUT2D eigenvalue weighted by molar-refractivity contribution is -0.144. The molecule has 0 aliphatic carbocycles. The number of halogens is 1. The third-order valence-corrected chi connectivity index (χ3v) is 5.34. The summed E-state index contributed by atoms with van der Waals surface area (Å²) in [5.41, 5.74) is 9.02. The van der Waals surface area contributed by atoms with Crippen molar-refractivity contribution in [2.75, 3.05) is 19.6 Å². The zero-order valence-electron chi connectivity index (χ0n) is 12.4. The molecule has 0 saturated carbocycles. The molecule has 134 valence electrons. The second-order valence-electron chi connectivity index (χ2n) is 5.57. The van der Waals surface area contributed by atoms with Crippen LogP contribution in [0.4, 0.5) is 4.39 Å². The minimum atomic E-state index is -4.26. The predicted molar refractivity (Wildman–Crippen MR) is 79.9 cm³/mol. The van der Waals surface area contributed by atoms with Gasteiger partial charge in [-0.25, -0.2) is 4.39 Å². The van der Waals surface area contributed by atoms with Crippen molar-refractivity contribution in [3.63, 3.8) is 0 Å². The van der Waals surface area contributed by atoms with Gasteiger partial charge in [-0.3, -0.25) is 4.79 Å². The van der Waals surface area contributed by atoms with Crippen LogP contribution in [0.5, 0.6) is 0 Å². The van der Waals surface area contributed by atoms with Gasteiger partial charge in [0, 0.05) is 25.6 Å². The van der Waals surface area contributed by atoms with Gasteiger partial charge in [0.2, 0.25) is 0 Å². The zero-order valence-corrected chi connectivity index (χ0v) is 13.2. The van der Waals surface area contributed by atoms with Crippen LogP contribution in [0.2, 0.25) is 6.32 Å². The first-order valence-electron chi connectivity index (χ1n) is 7.03. The summed E-state index contributed by atoms with van der Waals surface area (Å²) < 4.78 is 39.7. The lowest BCUT2D eigenvalue weighted by atomic mass is 9.78. The van der Waals surface area contributed by atoms with E-state index >= 15 is 0 Å². The molecule has 1 saturated heterocycles. The van der Waals surface area contributed by atoms with E-state index in [2.05, 4.69) is 0 Å². The van der Waals surface area contributed by atoms with Crippen molar-refractivity contribution >= 4 is 23.3 Å².